The van der Waals surface area contributed by atoms with Crippen LogP contribution in [0.1, 0.15) is 17.5 Å². The minimum atomic E-state index is -3.71. The van der Waals surface area contributed by atoms with Crippen LogP contribution >= 0.6 is 0 Å². The van der Waals surface area contributed by atoms with E-state index in [1.54, 1.807) is 6.07 Å². The molecule has 1 amide bonds. The number of halogens is 1. The highest BCUT2D eigenvalue weighted by Gasteiger charge is 2.21. The average Bonchev–Trinajstić information content (AvgIpc) is 2.51. The molecule has 0 fully saturated rings. The van der Waals surface area contributed by atoms with E-state index in [9.17, 15) is 17.6 Å². The molecule has 0 heterocycles. The Balaban J connectivity index is 2.12. The molecule has 2 aromatic carbocycles. The first kappa shape index (κ1) is 18.9. The van der Waals surface area contributed by atoms with E-state index in [1.165, 1.54) is 18.2 Å². The maximum absolute atomic E-state index is 13.9. The first-order chi connectivity index (χ1) is 11.7. The van der Waals surface area contributed by atoms with E-state index in [4.69, 9.17) is 0 Å². The molecule has 0 aliphatic heterocycles. The SMILES string of the molecule is Cc1ccc(C)c(NC(=O)CCN(c2ccccc2F)S(C)(=O)=O)c1. The zero-order chi connectivity index (χ0) is 18.6. The largest absolute Gasteiger partial charge is 0.326 e. The number of carbonyl (C=O) groups excluding carboxylic acids is 1. The maximum atomic E-state index is 13.9. The molecule has 0 spiro atoms. The number of hydrogen-bond acceptors (Lipinski definition) is 3. The Morgan fingerprint density at radius 1 is 1.16 bits per heavy atom. The van der Waals surface area contributed by atoms with Gasteiger partial charge in [0.25, 0.3) is 0 Å². The van der Waals surface area contributed by atoms with Gasteiger partial charge < -0.3 is 5.32 Å². The molecule has 1 N–H and O–H groups in total. The third kappa shape index (κ3) is 5.03. The minimum absolute atomic E-state index is 0.0652. The van der Waals surface area contributed by atoms with Gasteiger partial charge in [0.15, 0.2) is 0 Å². The standard InChI is InChI=1S/C18H21FN2O3S/c1-13-8-9-14(2)16(12-13)20-18(22)10-11-21(25(3,23)24)17-7-5-4-6-15(17)19/h4-9,12H,10-11H2,1-3H3,(H,20,22). The Morgan fingerprint density at radius 2 is 1.84 bits per heavy atom. The van der Waals surface area contributed by atoms with E-state index in [0.29, 0.717) is 5.69 Å². The highest BCUT2D eigenvalue weighted by molar-refractivity contribution is 7.92. The van der Waals surface area contributed by atoms with Gasteiger partial charge in [-0.1, -0.05) is 24.3 Å². The van der Waals surface area contributed by atoms with Crippen LogP contribution in [0, 0.1) is 19.7 Å². The van der Waals surface area contributed by atoms with Crippen molar-refractivity contribution in [3.05, 3.63) is 59.4 Å². The number of hydrogen-bond donors (Lipinski definition) is 1. The van der Waals surface area contributed by atoms with Crippen LogP contribution in [-0.4, -0.2) is 27.1 Å². The summed E-state index contributed by atoms with van der Waals surface area (Å²) in [7, 11) is -3.71. The van der Waals surface area contributed by atoms with Crippen molar-refractivity contribution in [2.75, 3.05) is 22.4 Å². The Labute approximate surface area is 147 Å². The molecule has 2 aromatic rings. The molecule has 25 heavy (non-hydrogen) atoms. The molecule has 0 unspecified atom stereocenters. The second-order valence-electron chi connectivity index (χ2n) is 5.90. The smallest absolute Gasteiger partial charge is 0.232 e. The summed E-state index contributed by atoms with van der Waals surface area (Å²) in [5.41, 5.74) is 2.53. The Hall–Kier alpha value is -2.41. The van der Waals surface area contributed by atoms with E-state index in [0.717, 1.165) is 21.7 Å². The monoisotopic (exact) mass is 364 g/mol. The molecule has 0 saturated heterocycles. The van der Waals surface area contributed by atoms with Crippen LogP contribution in [0.15, 0.2) is 42.5 Å². The number of amides is 1. The number of carbonyl (C=O) groups is 1. The summed E-state index contributed by atoms with van der Waals surface area (Å²) in [5.74, 6) is -0.985. The van der Waals surface area contributed by atoms with Gasteiger partial charge in [-0.05, 0) is 43.2 Å². The zero-order valence-corrected chi connectivity index (χ0v) is 15.2. The lowest BCUT2D eigenvalue weighted by atomic mass is 10.1. The van der Waals surface area contributed by atoms with Crippen molar-refractivity contribution in [3.63, 3.8) is 0 Å². The number of para-hydroxylation sites is 1. The van der Waals surface area contributed by atoms with Crippen LogP contribution in [0.25, 0.3) is 0 Å². The molecule has 0 radical (unpaired) electrons. The second-order valence-corrected chi connectivity index (χ2v) is 7.81. The number of sulfonamides is 1. The van der Waals surface area contributed by atoms with Crippen molar-refractivity contribution in [1.29, 1.82) is 0 Å². The normalized spacial score (nSPS) is 11.2. The number of aryl methyl sites for hydroxylation is 2. The van der Waals surface area contributed by atoms with Crippen molar-refractivity contribution >= 4 is 27.3 Å². The van der Waals surface area contributed by atoms with Crippen molar-refractivity contribution in [1.82, 2.24) is 0 Å². The van der Waals surface area contributed by atoms with Gasteiger partial charge in [-0.2, -0.15) is 0 Å². The number of benzene rings is 2. The fourth-order valence-electron chi connectivity index (χ4n) is 2.41. The number of anilines is 2. The molecular weight excluding hydrogens is 343 g/mol. The molecule has 2 rings (SSSR count). The fourth-order valence-corrected chi connectivity index (χ4v) is 3.33. The summed E-state index contributed by atoms with van der Waals surface area (Å²) in [6.45, 7) is 3.65. The van der Waals surface area contributed by atoms with Gasteiger partial charge in [0.2, 0.25) is 15.9 Å². The van der Waals surface area contributed by atoms with Crippen molar-refractivity contribution < 1.29 is 17.6 Å². The average molecular weight is 364 g/mol. The van der Waals surface area contributed by atoms with Crippen LogP contribution in [0.2, 0.25) is 0 Å². The predicted molar refractivity (Wildman–Crippen MR) is 97.8 cm³/mol. The third-order valence-corrected chi connectivity index (χ3v) is 4.91. The summed E-state index contributed by atoms with van der Waals surface area (Å²) >= 11 is 0. The maximum Gasteiger partial charge on any atom is 0.232 e. The highest BCUT2D eigenvalue weighted by atomic mass is 32.2. The molecular formula is C18H21FN2O3S. The number of nitrogens with one attached hydrogen (secondary N) is 1. The summed E-state index contributed by atoms with van der Waals surface area (Å²) < 4.78 is 38.8. The quantitative estimate of drug-likeness (QED) is 0.856. The van der Waals surface area contributed by atoms with Gasteiger partial charge in [-0.25, -0.2) is 12.8 Å². The first-order valence-electron chi connectivity index (χ1n) is 7.78. The molecule has 0 bridgehead atoms. The van der Waals surface area contributed by atoms with Gasteiger partial charge in [0.05, 0.1) is 11.9 Å². The topological polar surface area (TPSA) is 66.5 Å². The molecule has 0 aliphatic carbocycles. The molecule has 0 atom stereocenters. The van der Waals surface area contributed by atoms with Gasteiger partial charge in [0.1, 0.15) is 5.82 Å². The second kappa shape index (κ2) is 7.65. The van der Waals surface area contributed by atoms with E-state index in [2.05, 4.69) is 5.32 Å². The van der Waals surface area contributed by atoms with Gasteiger partial charge in [-0.15, -0.1) is 0 Å². The molecule has 0 saturated carbocycles. The summed E-state index contributed by atoms with van der Waals surface area (Å²) in [4.78, 5) is 12.2. The van der Waals surface area contributed by atoms with Gasteiger partial charge in [0, 0.05) is 18.7 Å². The molecule has 7 heteroatoms. The van der Waals surface area contributed by atoms with E-state index in [-0.39, 0.29) is 24.6 Å². The first-order valence-corrected chi connectivity index (χ1v) is 9.62. The van der Waals surface area contributed by atoms with Crippen molar-refractivity contribution in [2.24, 2.45) is 0 Å². The van der Waals surface area contributed by atoms with Crippen LogP contribution in [0.3, 0.4) is 0 Å². The van der Waals surface area contributed by atoms with E-state index in [1.807, 2.05) is 32.0 Å². The zero-order valence-electron chi connectivity index (χ0n) is 14.4. The Bertz CT molecular complexity index is 882. The molecule has 0 aliphatic rings. The Kier molecular flexibility index (Phi) is 5.79. The lowest BCUT2D eigenvalue weighted by molar-refractivity contribution is -0.116. The van der Waals surface area contributed by atoms with Gasteiger partial charge in [-0.3, -0.25) is 9.10 Å². The van der Waals surface area contributed by atoms with Gasteiger partial charge >= 0.3 is 0 Å². The fraction of sp³-hybridized carbons (Fsp3) is 0.278. The van der Waals surface area contributed by atoms with Crippen LogP contribution in [0.4, 0.5) is 15.8 Å². The van der Waals surface area contributed by atoms with Crippen LogP contribution < -0.4 is 9.62 Å². The highest BCUT2D eigenvalue weighted by Crippen LogP contribution is 2.22. The third-order valence-electron chi connectivity index (χ3n) is 3.73. The molecule has 134 valence electrons. The van der Waals surface area contributed by atoms with E-state index < -0.39 is 15.8 Å². The summed E-state index contributed by atoms with van der Waals surface area (Å²) in [6, 6.07) is 11.3. The molecule has 0 aromatic heterocycles. The summed E-state index contributed by atoms with van der Waals surface area (Å²) in [5, 5.41) is 2.77. The predicted octanol–water partition coefficient (Wildman–Crippen LogP) is 3.24. The number of rotatable bonds is 6. The van der Waals surface area contributed by atoms with Crippen LogP contribution in [-0.2, 0) is 14.8 Å². The van der Waals surface area contributed by atoms with Crippen molar-refractivity contribution in [2.45, 2.75) is 20.3 Å². The minimum Gasteiger partial charge on any atom is -0.326 e. The lowest BCUT2D eigenvalue weighted by Gasteiger charge is -2.22. The summed E-state index contributed by atoms with van der Waals surface area (Å²) in [6.07, 6.45) is 0.900. The number of nitrogens with zero attached hydrogens (tertiary/aromatic N) is 1. The van der Waals surface area contributed by atoms with Crippen molar-refractivity contribution in [3.8, 4) is 0 Å². The molecule has 5 nitrogen and oxygen atoms in total. The Morgan fingerprint density at radius 3 is 2.48 bits per heavy atom. The van der Waals surface area contributed by atoms with E-state index >= 15 is 0 Å². The lowest BCUT2D eigenvalue weighted by Crippen LogP contribution is -2.33. The van der Waals surface area contributed by atoms with Crippen LogP contribution in [0.5, 0.6) is 0 Å².